The Morgan fingerprint density at radius 1 is 1.27 bits per heavy atom. The summed E-state index contributed by atoms with van der Waals surface area (Å²) < 4.78 is 0. The fourth-order valence-corrected chi connectivity index (χ4v) is 2.09. The van der Waals surface area contributed by atoms with Crippen LogP contribution in [0.15, 0.2) is 0 Å². The van der Waals surface area contributed by atoms with Gasteiger partial charge in [-0.1, -0.05) is 12.8 Å². The number of rotatable bonds is 0. The van der Waals surface area contributed by atoms with Gasteiger partial charge in [0.05, 0.1) is 0 Å². The summed E-state index contributed by atoms with van der Waals surface area (Å²) in [6, 6.07) is 0.491. The van der Waals surface area contributed by atoms with Gasteiger partial charge in [0.25, 0.3) is 0 Å². The van der Waals surface area contributed by atoms with E-state index in [9.17, 15) is 4.79 Å². The molecule has 2 N–H and O–H groups in total. The standard InChI is InChI=1S/C8H14N2O/c11-8-9-5-6-3-1-2-4-7(6)10-8/h6-7H,1-5H2,(H2,9,10,11)/t6-,7+/m1/s1. The Hall–Kier alpha value is -0.730. The molecule has 1 heterocycles. The highest BCUT2D eigenvalue weighted by molar-refractivity contribution is 5.75. The minimum Gasteiger partial charge on any atom is -0.338 e. The molecular weight excluding hydrogens is 140 g/mol. The third kappa shape index (κ3) is 1.32. The summed E-state index contributed by atoms with van der Waals surface area (Å²) in [4.78, 5) is 10.9. The third-order valence-electron chi connectivity index (χ3n) is 2.75. The molecule has 1 saturated heterocycles. The molecule has 1 saturated carbocycles. The molecule has 3 nitrogen and oxygen atoms in total. The van der Waals surface area contributed by atoms with Crippen molar-refractivity contribution in [3.05, 3.63) is 0 Å². The van der Waals surface area contributed by atoms with Crippen molar-refractivity contribution in [2.24, 2.45) is 5.92 Å². The lowest BCUT2D eigenvalue weighted by atomic mass is 9.83. The molecular formula is C8H14N2O. The number of amides is 2. The van der Waals surface area contributed by atoms with E-state index < -0.39 is 0 Å². The molecule has 1 aliphatic heterocycles. The van der Waals surface area contributed by atoms with E-state index in [1.165, 1.54) is 25.7 Å². The topological polar surface area (TPSA) is 41.1 Å². The fourth-order valence-electron chi connectivity index (χ4n) is 2.09. The Bertz CT molecular complexity index is 169. The SMILES string of the molecule is O=C1NC[C@H]2CCCC[C@@H]2N1. The molecule has 11 heavy (non-hydrogen) atoms. The van der Waals surface area contributed by atoms with E-state index in [0.717, 1.165) is 6.54 Å². The van der Waals surface area contributed by atoms with Gasteiger partial charge in [0.1, 0.15) is 0 Å². The summed E-state index contributed by atoms with van der Waals surface area (Å²) in [5, 5.41) is 5.80. The lowest BCUT2D eigenvalue weighted by Crippen LogP contribution is -2.55. The maximum Gasteiger partial charge on any atom is 0.315 e. The molecule has 0 unspecified atom stereocenters. The number of hydrogen-bond acceptors (Lipinski definition) is 1. The Labute approximate surface area is 66.5 Å². The molecule has 2 atom stereocenters. The second kappa shape index (κ2) is 2.72. The summed E-state index contributed by atoms with van der Waals surface area (Å²) in [6.07, 6.45) is 5.07. The van der Waals surface area contributed by atoms with Crippen LogP contribution in [0.2, 0.25) is 0 Å². The summed E-state index contributed by atoms with van der Waals surface area (Å²) in [5.41, 5.74) is 0. The van der Waals surface area contributed by atoms with Crippen molar-refractivity contribution in [2.75, 3.05) is 6.54 Å². The van der Waals surface area contributed by atoms with Crippen molar-refractivity contribution >= 4 is 6.03 Å². The second-order valence-electron chi connectivity index (χ2n) is 3.51. The zero-order valence-corrected chi connectivity index (χ0v) is 6.60. The van der Waals surface area contributed by atoms with Gasteiger partial charge < -0.3 is 10.6 Å². The average Bonchev–Trinajstić information content (AvgIpc) is 2.04. The van der Waals surface area contributed by atoms with Gasteiger partial charge in [-0.15, -0.1) is 0 Å². The highest BCUT2D eigenvalue weighted by Crippen LogP contribution is 2.25. The normalized spacial score (nSPS) is 36.9. The molecule has 62 valence electrons. The van der Waals surface area contributed by atoms with Crippen molar-refractivity contribution < 1.29 is 4.79 Å². The molecule has 2 fully saturated rings. The van der Waals surface area contributed by atoms with E-state index in [-0.39, 0.29) is 6.03 Å². The summed E-state index contributed by atoms with van der Waals surface area (Å²) in [6.45, 7) is 0.885. The van der Waals surface area contributed by atoms with Gasteiger partial charge >= 0.3 is 6.03 Å². The lowest BCUT2D eigenvalue weighted by molar-refractivity contribution is 0.193. The number of carbonyl (C=O) groups is 1. The molecule has 1 aliphatic carbocycles. The summed E-state index contributed by atoms with van der Waals surface area (Å²) >= 11 is 0. The van der Waals surface area contributed by atoms with Gasteiger partial charge in [0, 0.05) is 12.6 Å². The van der Waals surface area contributed by atoms with Crippen LogP contribution in [0.5, 0.6) is 0 Å². The maximum atomic E-state index is 10.9. The van der Waals surface area contributed by atoms with Crippen molar-refractivity contribution in [1.29, 1.82) is 0 Å². The molecule has 0 aromatic heterocycles. The molecule has 0 spiro atoms. The molecule has 2 rings (SSSR count). The molecule has 3 heteroatoms. The van der Waals surface area contributed by atoms with Crippen LogP contribution >= 0.6 is 0 Å². The van der Waals surface area contributed by atoms with Crippen LogP contribution in [0.25, 0.3) is 0 Å². The smallest absolute Gasteiger partial charge is 0.315 e. The number of nitrogens with one attached hydrogen (secondary N) is 2. The predicted molar refractivity (Wildman–Crippen MR) is 42.3 cm³/mol. The first-order chi connectivity index (χ1) is 5.36. The van der Waals surface area contributed by atoms with Gasteiger partial charge in [-0.05, 0) is 18.8 Å². The Morgan fingerprint density at radius 3 is 3.00 bits per heavy atom. The van der Waals surface area contributed by atoms with Crippen LogP contribution in [-0.2, 0) is 0 Å². The molecule has 0 bridgehead atoms. The van der Waals surface area contributed by atoms with Crippen molar-refractivity contribution in [2.45, 2.75) is 31.7 Å². The highest BCUT2D eigenvalue weighted by Gasteiger charge is 2.29. The zero-order valence-electron chi connectivity index (χ0n) is 6.60. The van der Waals surface area contributed by atoms with Crippen LogP contribution in [0.4, 0.5) is 4.79 Å². The van der Waals surface area contributed by atoms with Gasteiger partial charge in [-0.2, -0.15) is 0 Å². The largest absolute Gasteiger partial charge is 0.338 e. The second-order valence-corrected chi connectivity index (χ2v) is 3.51. The number of fused-ring (bicyclic) bond motifs is 1. The Kier molecular flexibility index (Phi) is 1.72. The van der Waals surface area contributed by atoms with Crippen LogP contribution in [0.3, 0.4) is 0 Å². The molecule has 0 aromatic rings. The minimum atomic E-state index is 0.0214. The molecule has 2 aliphatic rings. The molecule has 0 radical (unpaired) electrons. The van der Waals surface area contributed by atoms with Crippen LogP contribution in [0.1, 0.15) is 25.7 Å². The van der Waals surface area contributed by atoms with Crippen molar-refractivity contribution in [3.63, 3.8) is 0 Å². The lowest BCUT2D eigenvalue weighted by Gasteiger charge is -2.36. The summed E-state index contributed by atoms with van der Waals surface area (Å²) in [7, 11) is 0. The van der Waals surface area contributed by atoms with E-state index in [1.54, 1.807) is 0 Å². The van der Waals surface area contributed by atoms with Crippen molar-refractivity contribution in [1.82, 2.24) is 10.6 Å². The van der Waals surface area contributed by atoms with E-state index >= 15 is 0 Å². The predicted octanol–water partition coefficient (Wildman–Crippen LogP) is 0.858. The van der Waals surface area contributed by atoms with E-state index in [0.29, 0.717) is 12.0 Å². The molecule has 0 aromatic carbocycles. The zero-order chi connectivity index (χ0) is 7.68. The molecule has 2 amide bonds. The quantitative estimate of drug-likeness (QED) is 0.533. The van der Waals surface area contributed by atoms with Gasteiger partial charge in [0.2, 0.25) is 0 Å². The van der Waals surface area contributed by atoms with Gasteiger partial charge in [-0.25, -0.2) is 4.79 Å². The maximum absolute atomic E-state index is 10.9. The van der Waals surface area contributed by atoms with E-state index in [1.807, 2.05) is 0 Å². The van der Waals surface area contributed by atoms with Crippen LogP contribution in [0, 0.1) is 5.92 Å². The van der Waals surface area contributed by atoms with Crippen molar-refractivity contribution in [3.8, 4) is 0 Å². The third-order valence-corrected chi connectivity index (χ3v) is 2.75. The van der Waals surface area contributed by atoms with Gasteiger partial charge in [-0.3, -0.25) is 0 Å². The number of carbonyl (C=O) groups excluding carboxylic acids is 1. The van der Waals surface area contributed by atoms with E-state index in [2.05, 4.69) is 10.6 Å². The minimum absolute atomic E-state index is 0.0214. The Morgan fingerprint density at radius 2 is 2.09 bits per heavy atom. The summed E-state index contributed by atoms with van der Waals surface area (Å²) in [5.74, 6) is 0.696. The van der Waals surface area contributed by atoms with Gasteiger partial charge in [0.15, 0.2) is 0 Å². The fraction of sp³-hybridized carbons (Fsp3) is 0.875. The van der Waals surface area contributed by atoms with Crippen LogP contribution in [-0.4, -0.2) is 18.6 Å². The van der Waals surface area contributed by atoms with Crippen LogP contribution < -0.4 is 10.6 Å². The average molecular weight is 154 g/mol. The first-order valence-corrected chi connectivity index (χ1v) is 4.40. The van der Waals surface area contributed by atoms with E-state index in [4.69, 9.17) is 0 Å². The Balaban J connectivity index is 1.98. The first-order valence-electron chi connectivity index (χ1n) is 4.40. The monoisotopic (exact) mass is 154 g/mol. The highest BCUT2D eigenvalue weighted by atomic mass is 16.2. The number of hydrogen-bond donors (Lipinski definition) is 2. The first kappa shape index (κ1) is 6.95. The number of urea groups is 1.